The number of hydrogen-bond donors (Lipinski definition) is 2. The van der Waals surface area contributed by atoms with Gasteiger partial charge in [-0.25, -0.2) is 0 Å². The van der Waals surface area contributed by atoms with E-state index in [1.807, 2.05) is 49.5 Å². The summed E-state index contributed by atoms with van der Waals surface area (Å²) in [7, 11) is 3.44. The van der Waals surface area contributed by atoms with E-state index in [4.69, 9.17) is 14.2 Å². The fraction of sp³-hybridized carbons (Fsp3) is 0.462. The Morgan fingerprint density at radius 1 is 1.12 bits per heavy atom. The minimum absolute atomic E-state index is 0.00404. The second kappa shape index (κ2) is 11.2. The predicted molar refractivity (Wildman–Crippen MR) is 128 cm³/mol. The van der Waals surface area contributed by atoms with Crippen LogP contribution in [0.25, 0.3) is 0 Å². The molecule has 2 heterocycles. The minimum atomic E-state index is -0.324. The summed E-state index contributed by atoms with van der Waals surface area (Å²) >= 11 is 0. The van der Waals surface area contributed by atoms with Crippen LogP contribution in [0.15, 0.2) is 42.5 Å². The molecular weight excluding hydrogens is 434 g/mol. The van der Waals surface area contributed by atoms with Crippen molar-refractivity contribution >= 4 is 11.8 Å². The van der Waals surface area contributed by atoms with Crippen LogP contribution < -0.4 is 24.8 Å². The summed E-state index contributed by atoms with van der Waals surface area (Å²) in [6.45, 7) is 1.91. The fourth-order valence-corrected chi connectivity index (χ4v) is 4.45. The Balaban J connectivity index is 1.31. The van der Waals surface area contributed by atoms with Crippen molar-refractivity contribution < 1.29 is 23.8 Å². The van der Waals surface area contributed by atoms with Crippen LogP contribution in [-0.4, -0.2) is 50.3 Å². The molecule has 0 aromatic heterocycles. The van der Waals surface area contributed by atoms with Crippen molar-refractivity contribution in [2.75, 3.05) is 27.5 Å². The van der Waals surface area contributed by atoms with Crippen LogP contribution in [0.3, 0.4) is 0 Å². The summed E-state index contributed by atoms with van der Waals surface area (Å²) in [4.78, 5) is 27.4. The maximum atomic E-state index is 12.9. The van der Waals surface area contributed by atoms with Crippen LogP contribution >= 0.6 is 0 Å². The van der Waals surface area contributed by atoms with Crippen molar-refractivity contribution in [1.29, 1.82) is 0 Å². The smallest absolute Gasteiger partial charge is 0.231 e. The first-order valence-corrected chi connectivity index (χ1v) is 11.8. The van der Waals surface area contributed by atoms with E-state index in [0.29, 0.717) is 26.1 Å². The number of rotatable bonds is 7. The summed E-state index contributed by atoms with van der Waals surface area (Å²) in [6.07, 6.45) is 2.66. The fourth-order valence-electron chi connectivity index (χ4n) is 4.45. The number of carbonyl (C=O) groups is 2. The Bertz CT molecular complexity index is 994. The molecule has 2 aliphatic rings. The van der Waals surface area contributed by atoms with Gasteiger partial charge >= 0.3 is 0 Å². The molecule has 2 N–H and O–H groups in total. The second-order valence-corrected chi connectivity index (χ2v) is 8.90. The van der Waals surface area contributed by atoms with Gasteiger partial charge in [0.05, 0.1) is 7.11 Å². The zero-order chi connectivity index (χ0) is 23.9. The van der Waals surface area contributed by atoms with Crippen LogP contribution in [0.4, 0.5) is 0 Å². The zero-order valence-corrected chi connectivity index (χ0v) is 19.8. The van der Waals surface area contributed by atoms with Crippen molar-refractivity contribution in [1.82, 2.24) is 15.5 Å². The summed E-state index contributed by atoms with van der Waals surface area (Å²) < 4.78 is 16.2. The normalized spacial score (nSPS) is 20.3. The molecule has 2 amide bonds. The van der Waals surface area contributed by atoms with Crippen molar-refractivity contribution in [3.8, 4) is 17.2 Å². The number of amides is 2. The first-order chi connectivity index (χ1) is 16.5. The lowest BCUT2D eigenvalue weighted by Crippen LogP contribution is -2.41. The average molecular weight is 468 g/mol. The Kier molecular flexibility index (Phi) is 7.90. The van der Waals surface area contributed by atoms with Gasteiger partial charge in [0.25, 0.3) is 0 Å². The monoisotopic (exact) mass is 467 g/mol. The lowest BCUT2D eigenvalue weighted by Gasteiger charge is -2.24. The molecule has 0 radical (unpaired) electrons. The maximum absolute atomic E-state index is 12.9. The molecule has 8 heteroatoms. The topological polar surface area (TPSA) is 89.1 Å². The van der Waals surface area contributed by atoms with E-state index in [0.717, 1.165) is 41.2 Å². The van der Waals surface area contributed by atoms with Crippen LogP contribution in [0.1, 0.15) is 36.8 Å². The largest absolute Gasteiger partial charge is 0.497 e. The number of benzene rings is 2. The number of likely N-dealkylation sites (N-methyl/N-ethyl adjacent to an activating group) is 1. The molecular formula is C26H33N3O5. The molecule has 2 atom stereocenters. The molecule has 0 saturated carbocycles. The quantitative estimate of drug-likeness (QED) is 0.651. The number of methoxy groups -OCH3 is 1. The molecule has 0 unspecified atom stereocenters. The van der Waals surface area contributed by atoms with Crippen LogP contribution in [-0.2, 0) is 22.7 Å². The zero-order valence-electron chi connectivity index (χ0n) is 19.8. The molecule has 1 fully saturated rings. The van der Waals surface area contributed by atoms with Crippen molar-refractivity contribution in [2.24, 2.45) is 5.92 Å². The van der Waals surface area contributed by atoms with E-state index in [2.05, 4.69) is 10.6 Å². The first kappa shape index (κ1) is 23.9. The van der Waals surface area contributed by atoms with E-state index in [1.54, 1.807) is 12.0 Å². The van der Waals surface area contributed by atoms with E-state index in [1.165, 1.54) is 0 Å². The van der Waals surface area contributed by atoms with E-state index in [9.17, 15) is 9.59 Å². The van der Waals surface area contributed by atoms with Gasteiger partial charge in [-0.3, -0.25) is 9.59 Å². The van der Waals surface area contributed by atoms with Gasteiger partial charge in [0.1, 0.15) is 5.75 Å². The van der Waals surface area contributed by atoms with Gasteiger partial charge < -0.3 is 29.7 Å². The number of nitrogens with one attached hydrogen (secondary N) is 2. The summed E-state index contributed by atoms with van der Waals surface area (Å²) in [5, 5.41) is 6.57. The third-order valence-electron chi connectivity index (χ3n) is 6.50. The van der Waals surface area contributed by atoms with Gasteiger partial charge in [-0.1, -0.05) is 30.7 Å². The standard InChI is InChI=1S/C26H33N3O5/c1-29-16-21(27-15-20-6-4-8-23-25(20)34-17-33-23)7-3-5-19(13-24(29)30)26(31)28-14-18-9-11-22(32-2)12-10-18/h4,6,8-12,19,21,27H,3,5,7,13-17H2,1-2H3,(H,28,31)/t19-,21-/m1/s1. The van der Waals surface area contributed by atoms with Crippen molar-refractivity contribution in [3.05, 3.63) is 53.6 Å². The van der Waals surface area contributed by atoms with Crippen LogP contribution in [0.5, 0.6) is 17.2 Å². The van der Waals surface area contributed by atoms with Crippen LogP contribution in [0.2, 0.25) is 0 Å². The second-order valence-electron chi connectivity index (χ2n) is 8.90. The molecule has 0 bridgehead atoms. The Morgan fingerprint density at radius 3 is 2.74 bits per heavy atom. The molecule has 4 rings (SSSR count). The molecule has 8 nitrogen and oxygen atoms in total. The summed E-state index contributed by atoms with van der Waals surface area (Å²) in [6, 6.07) is 13.6. The van der Waals surface area contributed by atoms with Crippen LogP contribution in [0, 0.1) is 5.92 Å². The predicted octanol–water partition coefficient (Wildman–Crippen LogP) is 2.85. The molecule has 1 saturated heterocycles. The van der Waals surface area contributed by atoms with E-state index in [-0.39, 0.29) is 37.0 Å². The molecule has 0 spiro atoms. The number of carbonyl (C=O) groups excluding carboxylic acids is 2. The molecule has 0 aliphatic carbocycles. The molecule has 2 aromatic carbocycles. The highest BCUT2D eigenvalue weighted by Crippen LogP contribution is 2.35. The third kappa shape index (κ3) is 5.99. The van der Waals surface area contributed by atoms with Crippen molar-refractivity contribution in [3.63, 3.8) is 0 Å². The van der Waals surface area contributed by atoms with E-state index < -0.39 is 0 Å². The molecule has 182 valence electrons. The van der Waals surface area contributed by atoms with Gasteiger partial charge in [0.15, 0.2) is 11.5 Å². The lowest BCUT2D eigenvalue weighted by atomic mass is 9.96. The molecule has 34 heavy (non-hydrogen) atoms. The number of fused-ring (bicyclic) bond motifs is 1. The summed E-state index contributed by atoms with van der Waals surface area (Å²) in [5.74, 6) is 1.94. The van der Waals surface area contributed by atoms with Gasteiger partial charge in [-0.05, 0) is 36.6 Å². The highest BCUT2D eigenvalue weighted by Gasteiger charge is 2.27. The Morgan fingerprint density at radius 2 is 1.94 bits per heavy atom. The average Bonchev–Trinajstić information content (AvgIpc) is 3.36. The maximum Gasteiger partial charge on any atom is 0.231 e. The van der Waals surface area contributed by atoms with E-state index >= 15 is 0 Å². The highest BCUT2D eigenvalue weighted by molar-refractivity contribution is 5.85. The lowest BCUT2D eigenvalue weighted by molar-refractivity contribution is -0.135. The number of ether oxygens (including phenoxy) is 3. The van der Waals surface area contributed by atoms with Gasteiger partial charge in [-0.2, -0.15) is 0 Å². The number of hydrogen-bond acceptors (Lipinski definition) is 6. The number of nitrogens with zero attached hydrogens (tertiary/aromatic N) is 1. The van der Waals surface area contributed by atoms with Gasteiger partial charge in [0, 0.05) is 50.6 Å². The number of para-hydroxylation sites is 1. The Hall–Kier alpha value is -3.26. The highest BCUT2D eigenvalue weighted by atomic mass is 16.7. The third-order valence-corrected chi connectivity index (χ3v) is 6.50. The Labute approximate surface area is 200 Å². The van der Waals surface area contributed by atoms with Gasteiger partial charge in [0.2, 0.25) is 18.6 Å². The summed E-state index contributed by atoms with van der Waals surface area (Å²) in [5.41, 5.74) is 2.03. The SMILES string of the molecule is COc1ccc(CNC(=O)[C@@H]2CCC[C@@H](NCc3cccc4c3OCO4)CN(C)C(=O)C2)cc1. The van der Waals surface area contributed by atoms with Crippen molar-refractivity contribution in [2.45, 2.75) is 44.8 Å². The minimum Gasteiger partial charge on any atom is -0.497 e. The van der Waals surface area contributed by atoms with Gasteiger partial charge in [-0.15, -0.1) is 0 Å². The molecule has 2 aromatic rings. The first-order valence-electron chi connectivity index (χ1n) is 11.8. The molecule has 2 aliphatic heterocycles.